The molecule has 0 saturated carbocycles. The molecule has 2 aromatic carbocycles. The van der Waals surface area contributed by atoms with Gasteiger partial charge in [-0.25, -0.2) is 0 Å². The van der Waals surface area contributed by atoms with E-state index in [4.69, 9.17) is 22.1 Å². The molecule has 0 atom stereocenters. The minimum Gasteiger partial charge on any atom is -0.489 e. The van der Waals surface area contributed by atoms with Crippen LogP contribution in [0.4, 0.5) is 5.69 Å². The Morgan fingerprint density at radius 3 is 2.56 bits per heavy atom. The molecule has 0 fully saturated rings. The van der Waals surface area contributed by atoms with E-state index in [0.29, 0.717) is 6.61 Å². The standard InChI is InChI=1S/C15H16ClNO/c1-10-3-4-12(14(16)7-10)9-18-15-6-5-13(17)8-11(15)2/h3-8H,9,17H2,1-2H3. The summed E-state index contributed by atoms with van der Waals surface area (Å²) in [6.07, 6.45) is 0. The van der Waals surface area contributed by atoms with Crippen LogP contribution in [0, 0.1) is 13.8 Å². The van der Waals surface area contributed by atoms with Crippen LogP contribution in [0.2, 0.25) is 5.02 Å². The van der Waals surface area contributed by atoms with Crippen LogP contribution in [0.5, 0.6) is 5.75 Å². The van der Waals surface area contributed by atoms with E-state index in [9.17, 15) is 0 Å². The maximum atomic E-state index is 6.16. The van der Waals surface area contributed by atoms with Crippen molar-refractivity contribution in [3.8, 4) is 5.75 Å². The van der Waals surface area contributed by atoms with Gasteiger partial charge in [0.05, 0.1) is 0 Å². The molecular formula is C15H16ClNO. The number of anilines is 1. The van der Waals surface area contributed by atoms with E-state index in [-0.39, 0.29) is 0 Å². The summed E-state index contributed by atoms with van der Waals surface area (Å²) >= 11 is 6.16. The third-order valence-corrected chi connectivity index (χ3v) is 3.14. The summed E-state index contributed by atoms with van der Waals surface area (Å²) < 4.78 is 5.76. The predicted octanol–water partition coefficient (Wildman–Crippen LogP) is 4.12. The summed E-state index contributed by atoms with van der Waals surface area (Å²) in [5, 5.41) is 0.739. The number of aryl methyl sites for hydroxylation is 2. The molecule has 0 aliphatic carbocycles. The zero-order valence-electron chi connectivity index (χ0n) is 10.5. The normalized spacial score (nSPS) is 10.4. The van der Waals surface area contributed by atoms with Gasteiger partial charge in [-0.2, -0.15) is 0 Å². The Kier molecular flexibility index (Phi) is 3.78. The molecule has 3 heteroatoms. The van der Waals surface area contributed by atoms with Crippen LogP contribution in [-0.2, 0) is 6.61 Å². The predicted molar refractivity (Wildman–Crippen MR) is 76.1 cm³/mol. The highest BCUT2D eigenvalue weighted by molar-refractivity contribution is 6.31. The smallest absolute Gasteiger partial charge is 0.122 e. The highest BCUT2D eigenvalue weighted by Crippen LogP contribution is 2.23. The first-order valence-electron chi connectivity index (χ1n) is 5.80. The Bertz CT molecular complexity index is 515. The van der Waals surface area contributed by atoms with Crippen LogP contribution in [0.1, 0.15) is 16.7 Å². The summed E-state index contributed by atoms with van der Waals surface area (Å²) in [4.78, 5) is 0. The SMILES string of the molecule is Cc1ccc(COc2ccc(N)cc2C)c(Cl)c1. The van der Waals surface area contributed by atoms with E-state index in [1.165, 1.54) is 0 Å². The van der Waals surface area contributed by atoms with Crippen LogP contribution in [0.3, 0.4) is 0 Å². The Hall–Kier alpha value is -1.67. The number of nitrogens with two attached hydrogens (primary N) is 1. The summed E-state index contributed by atoms with van der Waals surface area (Å²) in [5.74, 6) is 0.834. The molecule has 0 radical (unpaired) electrons. The van der Waals surface area contributed by atoms with Crippen molar-refractivity contribution in [1.82, 2.24) is 0 Å². The van der Waals surface area contributed by atoms with Gasteiger partial charge < -0.3 is 10.5 Å². The van der Waals surface area contributed by atoms with E-state index in [2.05, 4.69) is 0 Å². The number of nitrogen functional groups attached to an aromatic ring is 1. The summed E-state index contributed by atoms with van der Waals surface area (Å²) in [5.41, 5.74) is 9.60. The molecule has 0 bridgehead atoms. The molecule has 2 nitrogen and oxygen atoms in total. The van der Waals surface area contributed by atoms with E-state index < -0.39 is 0 Å². The van der Waals surface area contributed by atoms with Crippen molar-refractivity contribution in [2.45, 2.75) is 20.5 Å². The number of hydrogen-bond donors (Lipinski definition) is 1. The fraction of sp³-hybridized carbons (Fsp3) is 0.200. The fourth-order valence-electron chi connectivity index (χ4n) is 1.76. The molecular weight excluding hydrogens is 246 g/mol. The zero-order valence-corrected chi connectivity index (χ0v) is 11.3. The monoisotopic (exact) mass is 261 g/mol. The van der Waals surface area contributed by atoms with Gasteiger partial charge in [0.25, 0.3) is 0 Å². The van der Waals surface area contributed by atoms with Crippen molar-refractivity contribution < 1.29 is 4.74 Å². The molecule has 94 valence electrons. The highest BCUT2D eigenvalue weighted by atomic mass is 35.5. The molecule has 2 N–H and O–H groups in total. The van der Waals surface area contributed by atoms with Crippen molar-refractivity contribution in [2.24, 2.45) is 0 Å². The number of rotatable bonds is 3. The lowest BCUT2D eigenvalue weighted by atomic mass is 10.1. The Labute approximate surface area is 112 Å². The van der Waals surface area contributed by atoms with Crippen molar-refractivity contribution in [2.75, 3.05) is 5.73 Å². The number of benzene rings is 2. The topological polar surface area (TPSA) is 35.2 Å². The maximum Gasteiger partial charge on any atom is 0.122 e. The molecule has 2 rings (SSSR count). The van der Waals surface area contributed by atoms with Crippen LogP contribution >= 0.6 is 11.6 Å². The van der Waals surface area contributed by atoms with Crippen molar-refractivity contribution >= 4 is 17.3 Å². The third-order valence-electron chi connectivity index (χ3n) is 2.79. The lowest BCUT2D eigenvalue weighted by Crippen LogP contribution is -1.98. The number of halogens is 1. The second-order valence-electron chi connectivity index (χ2n) is 4.41. The summed E-state index contributed by atoms with van der Waals surface area (Å²) in [6, 6.07) is 11.6. The minimum absolute atomic E-state index is 0.462. The van der Waals surface area contributed by atoms with Crippen molar-refractivity contribution in [3.63, 3.8) is 0 Å². The highest BCUT2D eigenvalue weighted by Gasteiger charge is 2.04. The van der Waals surface area contributed by atoms with E-state index in [1.54, 1.807) is 0 Å². The lowest BCUT2D eigenvalue weighted by Gasteiger charge is -2.11. The van der Waals surface area contributed by atoms with Gasteiger partial charge >= 0.3 is 0 Å². The van der Waals surface area contributed by atoms with Crippen LogP contribution in [0.15, 0.2) is 36.4 Å². The minimum atomic E-state index is 0.462. The maximum absolute atomic E-state index is 6.16. The van der Waals surface area contributed by atoms with Gasteiger partial charge in [-0.1, -0.05) is 23.7 Å². The fourth-order valence-corrected chi connectivity index (χ4v) is 2.05. The van der Waals surface area contributed by atoms with E-state index in [1.807, 2.05) is 50.2 Å². The van der Waals surface area contributed by atoms with E-state index >= 15 is 0 Å². The first kappa shape index (κ1) is 12.8. The Morgan fingerprint density at radius 2 is 1.89 bits per heavy atom. The molecule has 0 saturated heterocycles. The first-order chi connectivity index (χ1) is 8.56. The van der Waals surface area contributed by atoms with E-state index in [0.717, 1.165) is 33.1 Å². The second kappa shape index (κ2) is 5.32. The molecule has 2 aromatic rings. The molecule has 0 spiro atoms. The number of hydrogen-bond acceptors (Lipinski definition) is 2. The third kappa shape index (κ3) is 2.96. The summed E-state index contributed by atoms with van der Waals surface area (Å²) in [6.45, 7) is 4.45. The zero-order chi connectivity index (χ0) is 13.1. The van der Waals surface area contributed by atoms with Gasteiger partial charge in [0.15, 0.2) is 0 Å². The summed E-state index contributed by atoms with van der Waals surface area (Å²) in [7, 11) is 0. The molecule has 0 unspecified atom stereocenters. The molecule has 0 amide bonds. The van der Waals surface area contributed by atoms with Gasteiger partial charge in [-0.15, -0.1) is 0 Å². The Balaban J connectivity index is 2.11. The molecule has 0 heterocycles. The largest absolute Gasteiger partial charge is 0.489 e. The van der Waals surface area contributed by atoms with Crippen LogP contribution < -0.4 is 10.5 Å². The average molecular weight is 262 g/mol. The molecule has 0 aliphatic heterocycles. The van der Waals surface area contributed by atoms with Crippen LogP contribution in [-0.4, -0.2) is 0 Å². The molecule has 0 aliphatic rings. The lowest BCUT2D eigenvalue weighted by molar-refractivity contribution is 0.304. The van der Waals surface area contributed by atoms with Crippen molar-refractivity contribution in [3.05, 3.63) is 58.1 Å². The van der Waals surface area contributed by atoms with Gasteiger partial charge in [-0.3, -0.25) is 0 Å². The number of ether oxygens (including phenoxy) is 1. The van der Waals surface area contributed by atoms with Crippen LogP contribution in [0.25, 0.3) is 0 Å². The quantitative estimate of drug-likeness (QED) is 0.844. The van der Waals surface area contributed by atoms with Gasteiger partial charge in [0.1, 0.15) is 12.4 Å². The Morgan fingerprint density at radius 1 is 1.11 bits per heavy atom. The van der Waals surface area contributed by atoms with Gasteiger partial charge in [0.2, 0.25) is 0 Å². The first-order valence-corrected chi connectivity index (χ1v) is 6.18. The molecule has 0 aromatic heterocycles. The van der Waals surface area contributed by atoms with Gasteiger partial charge in [0, 0.05) is 16.3 Å². The van der Waals surface area contributed by atoms with Crippen molar-refractivity contribution in [1.29, 1.82) is 0 Å². The average Bonchev–Trinajstić information content (AvgIpc) is 2.30. The second-order valence-corrected chi connectivity index (χ2v) is 4.82. The molecule has 18 heavy (non-hydrogen) atoms. The van der Waals surface area contributed by atoms with Gasteiger partial charge in [-0.05, 0) is 49.2 Å².